The third-order valence-corrected chi connectivity index (χ3v) is 5.52. The Labute approximate surface area is 118 Å². The molecule has 1 aliphatic rings. The Morgan fingerprint density at radius 3 is 2.60 bits per heavy atom. The van der Waals surface area contributed by atoms with Crippen molar-refractivity contribution >= 4 is 16.0 Å². The van der Waals surface area contributed by atoms with Crippen molar-refractivity contribution in [2.24, 2.45) is 5.41 Å². The molecule has 0 aromatic carbocycles. The van der Waals surface area contributed by atoms with Crippen LogP contribution in [0.25, 0.3) is 0 Å². The Morgan fingerprint density at radius 2 is 2.10 bits per heavy atom. The van der Waals surface area contributed by atoms with Crippen molar-refractivity contribution < 1.29 is 22.7 Å². The molecule has 1 saturated heterocycles. The van der Waals surface area contributed by atoms with E-state index in [9.17, 15) is 13.2 Å². The fourth-order valence-electron chi connectivity index (χ4n) is 2.54. The number of furan rings is 1. The van der Waals surface area contributed by atoms with Gasteiger partial charge < -0.3 is 9.52 Å². The molecule has 1 N–H and O–H groups in total. The number of rotatable bonds is 3. The molecule has 0 atom stereocenters. The molecule has 1 aromatic heterocycles. The molecule has 1 aliphatic heterocycles. The lowest BCUT2D eigenvalue weighted by Gasteiger charge is -2.36. The first kappa shape index (κ1) is 15.1. The molecule has 7 heteroatoms. The molecule has 2 heterocycles. The van der Waals surface area contributed by atoms with Gasteiger partial charge in [0.1, 0.15) is 10.7 Å². The van der Waals surface area contributed by atoms with Crippen molar-refractivity contribution in [3.05, 3.63) is 17.6 Å². The van der Waals surface area contributed by atoms with Gasteiger partial charge in [-0.15, -0.1) is 0 Å². The zero-order valence-corrected chi connectivity index (χ0v) is 12.7. The number of piperidine rings is 1. The molecule has 0 saturated carbocycles. The van der Waals surface area contributed by atoms with Crippen molar-refractivity contribution in [1.82, 2.24) is 4.31 Å². The van der Waals surface area contributed by atoms with Gasteiger partial charge in [0, 0.05) is 19.2 Å². The summed E-state index contributed by atoms with van der Waals surface area (Å²) in [6.45, 7) is 6.41. The van der Waals surface area contributed by atoms with Gasteiger partial charge >= 0.3 is 5.97 Å². The number of aryl methyl sites for hydroxylation is 1. The molecule has 0 unspecified atom stereocenters. The number of aromatic carboxylic acids is 1. The van der Waals surface area contributed by atoms with E-state index in [1.54, 1.807) is 0 Å². The SMILES string of the molecule is Cc1oc(C(=O)O)cc1S(=O)(=O)N1CCCC(C)(C)C1. The van der Waals surface area contributed by atoms with E-state index in [0.29, 0.717) is 13.1 Å². The summed E-state index contributed by atoms with van der Waals surface area (Å²) in [5, 5.41) is 8.88. The predicted molar refractivity (Wildman–Crippen MR) is 72.2 cm³/mol. The van der Waals surface area contributed by atoms with Gasteiger partial charge in [-0.25, -0.2) is 13.2 Å². The van der Waals surface area contributed by atoms with E-state index in [1.165, 1.54) is 11.2 Å². The van der Waals surface area contributed by atoms with E-state index in [1.807, 2.05) is 13.8 Å². The summed E-state index contributed by atoms with van der Waals surface area (Å²) in [6, 6.07) is 1.09. The maximum absolute atomic E-state index is 12.6. The number of carboxylic acids is 1. The molecule has 20 heavy (non-hydrogen) atoms. The van der Waals surface area contributed by atoms with Gasteiger partial charge in [0.25, 0.3) is 0 Å². The van der Waals surface area contributed by atoms with E-state index < -0.39 is 16.0 Å². The van der Waals surface area contributed by atoms with Crippen LogP contribution in [-0.4, -0.2) is 36.9 Å². The molecule has 0 bridgehead atoms. The van der Waals surface area contributed by atoms with Crippen molar-refractivity contribution in [3.63, 3.8) is 0 Å². The van der Waals surface area contributed by atoms with Gasteiger partial charge in [-0.3, -0.25) is 0 Å². The molecule has 1 aromatic rings. The molecular weight excluding hydrogens is 282 g/mol. The number of nitrogens with zero attached hydrogens (tertiary/aromatic N) is 1. The van der Waals surface area contributed by atoms with Crippen LogP contribution in [0, 0.1) is 12.3 Å². The van der Waals surface area contributed by atoms with Crippen LogP contribution >= 0.6 is 0 Å². The molecule has 112 valence electrons. The van der Waals surface area contributed by atoms with Gasteiger partial charge in [-0.1, -0.05) is 13.8 Å². The van der Waals surface area contributed by atoms with Crippen molar-refractivity contribution in [3.8, 4) is 0 Å². The van der Waals surface area contributed by atoms with E-state index in [4.69, 9.17) is 9.52 Å². The van der Waals surface area contributed by atoms with Crippen molar-refractivity contribution in [1.29, 1.82) is 0 Å². The number of hydrogen-bond donors (Lipinski definition) is 1. The Morgan fingerprint density at radius 1 is 1.45 bits per heavy atom. The van der Waals surface area contributed by atoms with Crippen LogP contribution in [0.4, 0.5) is 0 Å². The molecule has 6 nitrogen and oxygen atoms in total. The average Bonchev–Trinajstić information content (AvgIpc) is 2.71. The second-order valence-electron chi connectivity index (χ2n) is 5.94. The van der Waals surface area contributed by atoms with Gasteiger partial charge in [0.15, 0.2) is 0 Å². The van der Waals surface area contributed by atoms with Gasteiger partial charge in [-0.05, 0) is 25.2 Å². The highest BCUT2D eigenvalue weighted by Gasteiger charge is 2.36. The lowest BCUT2D eigenvalue weighted by molar-refractivity contribution is 0.0661. The normalized spacial score (nSPS) is 19.9. The number of carboxylic acid groups (broad SMARTS) is 1. The minimum Gasteiger partial charge on any atom is -0.475 e. The predicted octanol–water partition coefficient (Wildman–Crippen LogP) is 2.10. The standard InChI is InChI=1S/C13H19NO5S/c1-9-11(7-10(19-9)12(15)16)20(17,18)14-6-4-5-13(2,3)8-14/h7H,4-6,8H2,1-3H3,(H,15,16). The topological polar surface area (TPSA) is 87.8 Å². The summed E-state index contributed by atoms with van der Waals surface area (Å²) in [7, 11) is -3.70. The highest BCUT2D eigenvalue weighted by molar-refractivity contribution is 7.89. The molecule has 0 spiro atoms. The second kappa shape index (κ2) is 4.89. The number of hydrogen-bond acceptors (Lipinski definition) is 4. The van der Waals surface area contributed by atoms with Crippen LogP contribution in [0.15, 0.2) is 15.4 Å². The van der Waals surface area contributed by atoms with E-state index >= 15 is 0 Å². The summed E-state index contributed by atoms with van der Waals surface area (Å²) >= 11 is 0. The van der Waals surface area contributed by atoms with Gasteiger partial charge in [0.05, 0.1) is 0 Å². The van der Waals surface area contributed by atoms with Crippen LogP contribution in [-0.2, 0) is 10.0 Å². The summed E-state index contributed by atoms with van der Waals surface area (Å²) < 4.78 is 31.6. The van der Waals surface area contributed by atoms with E-state index in [0.717, 1.165) is 18.9 Å². The van der Waals surface area contributed by atoms with Gasteiger partial charge in [0.2, 0.25) is 15.8 Å². The molecule has 2 rings (SSSR count). The van der Waals surface area contributed by atoms with Crippen molar-refractivity contribution in [2.45, 2.75) is 38.5 Å². The first-order valence-electron chi connectivity index (χ1n) is 6.47. The zero-order valence-electron chi connectivity index (χ0n) is 11.8. The number of sulfonamides is 1. The Kier molecular flexibility index (Phi) is 3.68. The third kappa shape index (κ3) is 2.73. The summed E-state index contributed by atoms with van der Waals surface area (Å²) in [4.78, 5) is 10.8. The Hall–Kier alpha value is -1.34. The maximum atomic E-state index is 12.6. The van der Waals surface area contributed by atoms with Crippen LogP contribution in [0.5, 0.6) is 0 Å². The zero-order chi connectivity index (χ0) is 15.1. The molecular formula is C13H19NO5S. The van der Waals surface area contributed by atoms with E-state index in [2.05, 4.69) is 0 Å². The lowest BCUT2D eigenvalue weighted by atomic mass is 9.85. The smallest absolute Gasteiger partial charge is 0.371 e. The quantitative estimate of drug-likeness (QED) is 0.923. The van der Waals surface area contributed by atoms with Crippen LogP contribution < -0.4 is 0 Å². The summed E-state index contributed by atoms with van der Waals surface area (Å²) in [5.41, 5.74) is -0.0708. The fourth-order valence-corrected chi connectivity index (χ4v) is 4.37. The molecule has 0 aliphatic carbocycles. The Bertz CT molecular complexity index is 629. The second-order valence-corrected chi connectivity index (χ2v) is 7.85. The van der Waals surface area contributed by atoms with Gasteiger partial charge in [-0.2, -0.15) is 4.31 Å². The minimum atomic E-state index is -3.70. The summed E-state index contributed by atoms with van der Waals surface area (Å²) in [5.74, 6) is -1.50. The average molecular weight is 301 g/mol. The Balaban J connectivity index is 2.37. The maximum Gasteiger partial charge on any atom is 0.371 e. The third-order valence-electron chi connectivity index (χ3n) is 3.57. The fraction of sp³-hybridized carbons (Fsp3) is 0.615. The molecule has 1 fully saturated rings. The monoisotopic (exact) mass is 301 g/mol. The largest absolute Gasteiger partial charge is 0.475 e. The molecule has 0 amide bonds. The van der Waals surface area contributed by atoms with Crippen LogP contribution in [0.3, 0.4) is 0 Å². The van der Waals surface area contributed by atoms with E-state index in [-0.39, 0.29) is 21.8 Å². The molecule has 0 radical (unpaired) electrons. The highest BCUT2D eigenvalue weighted by Crippen LogP contribution is 2.33. The van der Waals surface area contributed by atoms with Crippen molar-refractivity contribution in [2.75, 3.05) is 13.1 Å². The first-order valence-corrected chi connectivity index (χ1v) is 7.91. The minimum absolute atomic E-state index is 0.0485. The van der Waals surface area contributed by atoms with Crippen LogP contribution in [0.2, 0.25) is 0 Å². The number of carbonyl (C=O) groups is 1. The lowest BCUT2D eigenvalue weighted by Crippen LogP contribution is -2.43. The highest BCUT2D eigenvalue weighted by atomic mass is 32.2. The first-order chi connectivity index (χ1) is 9.13. The summed E-state index contributed by atoms with van der Waals surface area (Å²) in [6.07, 6.45) is 1.78. The van der Waals surface area contributed by atoms with Crippen LogP contribution in [0.1, 0.15) is 43.0 Å².